The summed E-state index contributed by atoms with van der Waals surface area (Å²) in [6.45, 7) is 6.93. The van der Waals surface area contributed by atoms with E-state index in [4.69, 9.17) is 9.47 Å². The molecule has 2 fully saturated rings. The summed E-state index contributed by atoms with van der Waals surface area (Å²) in [5.41, 5.74) is 1.86. The van der Waals surface area contributed by atoms with Crippen molar-refractivity contribution in [2.24, 2.45) is 5.41 Å². The first-order valence-corrected chi connectivity index (χ1v) is 12.4. The molecule has 1 spiro atoms. The van der Waals surface area contributed by atoms with Crippen molar-refractivity contribution in [3.8, 4) is 11.5 Å². The van der Waals surface area contributed by atoms with Crippen molar-refractivity contribution in [1.82, 2.24) is 9.80 Å². The van der Waals surface area contributed by atoms with Gasteiger partial charge in [-0.05, 0) is 80.0 Å². The van der Waals surface area contributed by atoms with E-state index in [0.717, 1.165) is 56.8 Å². The highest BCUT2D eigenvalue weighted by atomic mass is 16.5. The van der Waals surface area contributed by atoms with Crippen LogP contribution in [0.2, 0.25) is 0 Å². The normalized spacial score (nSPS) is 16.9. The molecule has 186 valence electrons. The molecule has 0 aliphatic carbocycles. The quantitative estimate of drug-likeness (QED) is 0.442. The van der Waals surface area contributed by atoms with E-state index in [0.29, 0.717) is 30.8 Å². The number of hydrogen-bond acceptors (Lipinski definition) is 5. The summed E-state index contributed by atoms with van der Waals surface area (Å²) in [4.78, 5) is 40.8. The first kappa shape index (κ1) is 24.8. The van der Waals surface area contributed by atoms with Crippen LogP contribution in [0.3, 0.4) is 0 Å². The van der Waals surface area contributed by atoms with E-state index in [1.54, 1.807) is 12.1 Å². The molecule has 2 saturated heterocycles. The lowest BCUT2D eigenvalue weighted by Crippen LogP contribution is -2.44. The maximum absolute atomic E-state index is 12.9. The van der Waals surface area contributed by atoms with Gasteiger partial charge in [0.25, 0.3) is 5.91 Å². The number of piperidine rings is 1. The zero-order valence-electron chi connectivity index (χ0n) is 20.6. The van der Waals surface area contributed by atoms with Gasteiger partial charge in [0, 0.05) is 45.1 Å². The van der Waals surface area contributed by atoms with Crippen LogP contribution in [0.4, 0.5) is 0 Å². The van der Waals surface area contributed by atoms with E-state index in [1.807, 2.05) is 53.1 Å². The summed E-state index contributed by atoms with van der Waals surface area (Å²) in [6, 6.07) is 14.7. The van der Waals surface area contributed by atoms with Crippen LogP contribution in [0.25, 0.3) is 0 Å². The summed E-state index contributed by atoms with van der Waals surface area (Å²) in [5.74, 6) is 1.19. The maximum atomic E-state index is 12.9. The molecule has 7 heteroatoms. The molecule has 2 amide bonds. The molecule has 2 heterocycles. The predicted octanol–water partition coefficient (Wildman–Crippen LogP) is 4.10. The van der Waals surface area contributed by atoms with Crippen molar-refractivity contribution in [1.29, 1.82) is 0 Å². The molecule has 2 aromatic carbocycles. The number of rotatable bonds is 7. The summed E-state index contributed by atoms with van der Waals surface area (Å²) in [5, 5.41) is 0. The Morgan fingerprint density at radius 3 is 2.06 bits per heavy atom. The lowest BCUT2D eigenvalue weighted by atomic mass is 9.77. The van der Waals surface area contributed by atoms with Gasteiger partial charge in [-0.15, -0.1) is 0 Å². The van der Waals surface area contributed by atoms with E-state index in [1.165, 1.54) is 6.92 Å². The molecule has 2 aromatic rings. The van der Waals surface area contributed by atoms with Crippen LogP contribution in [0.1, 0.15) is 55.5 Å². The Labute approximate surface area is 207 Å². The molecule has 0 aromatic heterocycles. The number of amides is 2. The minimum atomic E-state index is -0.345. The van der Waals surface area contributed by atoms with Gasteiger partial charge in [0.2, 0.25) is 5.91 Å². The SMILES string of the molecule is CCOc1ccc(C(=O)N2CCC3(CCN(C(=O)CCc4ccc(OC(C)=O)cc4)C3)CC2)cc1. The Balaban J connectivity index is 1.24. The number of carbonyl (C=O) groups excluding carboxylic acids is 3. The monoisotopic (exact) mass is 478 g/mol. The van der Waals surface area contributed by atoms with Crippen LogP contribution in [0.5, 0.6) is 11.5 Å². The number of hydrogen-bond donors (Lipinski definition) is 0. The van der Waals surface area contributed by atoms with Crippen LogP contribution in [0.15, 0.2) is 48.5 Å². The van der Waals surface area contributed by atoms with Crippen molar-refractivity contribution < 1.29 is 23.9 Å². The highest BCUT2D eigenvalue weighted by molar-refractivity contribution is 5.94. The molecular formula is C28H34N2O5. The van der Waals surface area contributed by atoms with E-state index in [-0.39, 0.29) is 23.2 Å². The largest absolute Gasteiger partial charge is 0.494 e. The average Bonchev–Trinajstić information content (AvgIpc) is 3.27. The summed E-state index contributed by atoms with van der Waals surface area (Å²) in [7, 11) is 0. The number of carbonyl (C=O) groups is 3. The zero-order chi connectivity index (χ0) is 24.8. The van der Waals surface area contributed by atoms with Gasteiger partial charge in [-0.2, -0.15) is 0 Å². The molecule has 4 rings (SSSR count). The Kier molecular flexibility index (Phi) is 7.73. The van der Waals surface area contributed by atoms with Gasteiger partial charge in [0.05, 0.1) is 6.61 Å². The van der Waals surface area contributed by atoms with Crippen molar-refractivity contribution in [3.05, 3.63) is 59.7 Å². The van der Waals surface area contributed by atoms with Gasteiger partial charge in [0.1, 0.15) is 11.5 Å². The van der Waals surface area contributed by atoms with Crippen LogP contribution in [-0.2, 0) is 16.0 Å². The van der Waals surface area contributed by atoms with Gasteiger partial charge in [-0.3, -0.25) is 14.4 Å². The second-order valence-electron chi connectivity index (χ2n) is 9.55. The van der Waals surface area contributed by atoms with Crippen molar-refractivity contribution >= 4 is 17.8 Å². The molecule has 0 bridgehead atoms. The summed E-state index contributed by atoms with van der Waals surface area (Å²) in [6.07, 6.45) is 3.98. The van der Waals surface area contributed by atoms with Gasteiger partial charge in [0.15, 0.2) is 0 Å². The minimum absolute atomic E-state index is 0.0635. The predicted molar refractivity (Wildman–Crippen MR) is 132 cm³/mol. The van der Waals surface area contributed by atoms with E-state index < -0.39 is 0 Å². The standard InChI is InChI=1S/C28H34N2O5/c1-3-34-24-11-7-23(8-12-24)27(33)29-17-14-28(15-18-29)16-19-30(20-28)26(32)13-6-22-4-9-25(10-5-22)35-21(2)31/h4-5,7-12H,3,6,13-20H2,1-2H3. The summed E-state index contributed by atoms with van der Waals surface area (Å²) >= 11 is 0. The number of likely N-dealkylation sites (tertiary alicyclic amines) is 2. The Morgan fingerprint density at radius 1 is 0.857 bits per heavy atom. The first-order valence-electron chi connectivity index (χ1n) is 12.4. The van der Waals surface area contributed by atoms with Crippen LogP contribution in [0, 0.1) is 5.41 Å². The Morgan fingerprint density at radius 2 is 1.46 bits per heavy atom. The van der Waals surface area contributed by atoms with Crippen molar-refractivity contribution in [2.75, 3.05) is 32.8 Å². The second kappa shape index (κ2) is 10.9. The van der Waals surface area contributed by atoms with Crippen LogP contribution < -0.4 is 9.47 Å². The first-order chi connectivity index (χ1) is 16.9. The van der Waals surface area contributed by atoms with Crippen LogP contribution >= 0.6 is 0 Å². The fourth-order valence-corrected chi connectivity index (χ4v) is 5.08. The van der Waals surface area contributed by atoms with E-state index in [2.05, 4.69) is 0 Å². The molecule has 2 aliphatic heterocycles. The third kappa shape index (κ3) is 6.21. The molecular weight excluding hydrogens is 444 g/mol. The highest BCUT2D eigenvalue weighted by Crippen LogP contribution is 2.41. The zero-order valence-corrected chi connectivity index (χ0v) is 20.6. The number of nitrogens with zero attached hydrogens (tertiary/aromatic N) is 2. The fourth-order valence-electron chi connectivity index (χ4n) is 5.08. The molecule has 35 heavy (non-hydrogen) atoms. The topological polar surface area (TPSA) is 76.2 Å². The number of benzene rings is 2. The molecule has 0 radical (unpaired) electrons. The van der Waals surface area contributed by atoms with Crippen LogP contribution in [-0.4, -0.2) is 60.4 Å². The number of esters is 1. The maximum Gasteiger partial charge on any atom is 0.308 e. The number of ether oxygens (including phenoxy) is 2. The second-order valence-corrected chi connectivity index (χ2v) is 9.55. The van der Waals surface area contributed by atoms with E-state index >= 15 is 0 Å². The van der Waals surface area contributed by atoms with Crippen molar-refractivity contribution in [3.63, 3.8) is 0 Å². The van der Waals surface area contributed by atoms with Crippen molar-refractivity contribution in [2.45, 2.75) is 46.0 Å². The van der Waals surface area contributed by atoms with Gasteiger partial charge >= 0.3 is 5.97 Å². The third-order valence-corrected chi connectivity index (χ3v) is 7.13. The lowest BCUT2D eigenvalue weighted by Gasteiger charge is -2.39. The van der Waals surface area contributed by atoms with Gasteiger partial charge in [-0.25, -0.2) is 0 Å². The van der Waals surface area contributed by atoms with Gasteiger partial charge in [-0.1, -0.05) is 12.1 Å². The highest BCUT2D eigenvalue weighted by Gasteiger charge is 2.42. The fraction of sp³-hybridized carbons (Fsp3) is 0.464. The summed E-state index contributed by atoms with van der Waals surface area (Å²) < 4.78 is 10.5. The minimum Gasteiger partial charge on any atom is -0.494 e. The number of aryl methyl sites for hydroxylation is 1. The molecule has 0 atom stereocenters. The third-order valence-electron chi connectivity index (χ3n) is 7.13. The van der Waals surface area contributed by atoms with E-state index in [9.17, 15) is 14.4 Å². The molecule has 0 saturated carbocycles. The average molecular weight is 479 g/mol. The Bertz CT molecular complexity index is 1040. The smallest absolute Gasteiger partial charge is 0.308 e. The molecule has 7 nitrogen and oxygen atoms in total. The molecule has 2 aliphatic rings. The Hall–Kier alpha value is -3.35. The molecule has 0 N–H and O–H groups in total. The van der Waals surface area contributed by atoms with Gasteiger partial charge < -0.3 is 19.3 Å². The lowest BCUT2D eigenvalue weighted by molar-refractivity contribution is -0.132. The molecule has 0 unspecified atom stereocenters.